The van der Waals surface area contributed by atoms with E-state index in [0.29, 0.717) is 28.1 Å². The molecule has 0 fully saturated rings. The van der Waals surface area contributed by atoms with E-state index >= 15 is 0 Å². The molecule has 0 atom stereocenters. The van der Waals surface area contributed by atoms with Gasteiger partial charge in [-0.3, -0.25) is 4.79 Å². The zero-order valence-corrected chi connectivity index (χ0v) is 13.3. The highest BCUT2D eigenvalue weighted by atomic mass is 79.9. The molecule has 0 aromatic heterocycles. The van der Waals surface area contributed by atoms with Crippen LogP contribution < -0.4 is 14.2 Å². The van der Waals surface area contributed by atoms with Crippen molar-refractivity contribution in [3.05, 3.63) is 52.0 Å². The van der Waals surface area contributed by atoms with E-state index in [1.54, 1.807) is 19.2 Å². The molecule has 0 heterocycles. The zero-order valence-electron chi connectivity index (χ0n) is 11.8. The Balaban J connectivity index is 2.12. The lowest BCUT2D eigenvalue weighted by molar-refractivity contribution is 0.112. The fourth-order valence-electron chi connectivity index (χ4n) is 1.86. The molecule has 4 nitrogen and oxygen atoms in total. The molecular weight excluding hydrogens is 336 g/mol. The smallest absolute Gasteiger partial charge is 0.153 e. The van der Waals surface area contributed by atoms with Gasteiger partial charge < -0.3 is 14.2 Å². The number of halogens is 1. The van der Waals surface area contributed by atoms with Gasteiger partial charge in [-0.05, 0) is 45.8 Å². The first-order chi connectivity index (χ1) is 10.2. The molecule has 0 aliphatic heterocycles. The highest BCUT2D eigenvalue weighted by Crippen LogP contribution is 2.33. The fraction of sp³-hybridized carbons (Fsp3) is 0.188. The molecule has 0 N–H and O–H groups in total. The van der Waals surface area contributed by atoms with Crippen LogP contribution in [0.15, 0.2) is 40.9 Å². The van der Waals surface area contributed by atoms with Gasteiger partial charge in [0.25, 0.3) is 0 Å². The van der Waals surface area contributed by atoms with Crippen molar-refractivity contribution in [2.24, 2.45) is 0 Å². The van der Waals surface area contributed by atoms with Crippen LogP contribution in [-0.2, 0) is 6.61 Å². The van der Waals surface area contributed by atoms with E-state index in [1.807, 2.05) is 24.3 Å². The van der Waals surface area contributed by atoms with Crippen molar-refractivity contribution >= 4 is 22.2 Å². The number of hydrogen-bond acceptors (Lipinski definition) is 4. The molecule has 0 bridgehead atoms. The third-order valence-electron chi connectivity index (χ3n) is 2.94. The van der Waals surface area contributed by atoms with Crippen LogP contribution in [0, 0.1) is 0 Å². The number of carbonyl (C=O) groups excluding carboxylic acids is 1. The van der Waals surface area contributed by atoms with Gasteiger partial charge in [-0.2, -0.15) is 0 Å². The van der Waals surface area contributed by atoms with Gasteiger partial charge in [0.1, 0.15) is 23.9 Å². The molecule has 0 saturated heterocycles. The van der Waals surface area contributed by atoms with Gasteiger partial charge in [-0.25, -0.2) is 0 Å². The van der Waals surface area contributed by atoms with Gasteiger partial charge in [0.15, 0.2) is 6.29 Å². The highest BCUT2D eigenvalue weighted by molar-refractivity contribution is 9.10. The maximum absolute atomic E-state index is 11.1. The third-order valence-corrected chi connectivity index (χ3v) is 3.53. The summed E-state index contributed by atoms with van der Waals surface area (Å²) in [4.78, 5) is 11.1. The fourth-order valence-corrected chi connectivity index (χ4v) is 2.48. The molecule has 110 valence electrons. The summed E-state index contributed by atoms with van der Waals surface area (Å²) in [6.45, 7) is 0.404. The quantitative estimate of drug-likeness (QED) is 0.742. The number of rotatable bonds is 6. The van der Waals surface area contributed by atoms with E-state index in [1.165, 1.54) is 7.11 Å². The van der Waals surface area contributed by atoms with Gasteiger partial charge in [0.05, 0.1) is 24.3 Å². The van der Waals surface area contributed by atoms with Gasteiger partial charge >= 0.3 is 0 Å². The molecule has 21 heavy (non-hydrogen) atoms. The number of aldehydes is 1. The topological polar surface area (TPSA) is 44.8 Å². The minimum Gasteiger partial charge on any atom is -0.497 e. The summed E-state index contributed by atoms with van der Waals surface area (Å²) in [5.74, 6) is 1.90. The molecular formula is C16H15BrO4. The van der Waals surface area contributed by atoms with Crippen LogP contribution in [0.2, 0.25) is 0 Å². The standard InChI is InChI=1S/C16H15BrO4/c1-19-13-5-3-11(4-6-13)10-21-14-7-12(9-18)16(20-2)15(17)8-14/h3-9H,10H2,1-2H3. The monoisotopic (exact) mass is 350 g/mol. The molecule has 0 aliphatic rings. The van der Waals surface area contributed by atoms with Crippen molar-refractivity contribution in [1.82, 2.24) is 0 Å². The van der Waals surface area contributed by atoms with Crippen LogP contribution in [0.5, 0.6) is 17.2 Å². The number of ether oxygens (including phenoxy) is 3. The van der Waals surface area contributed by atoms with Crippen molar-refractivity contribution in [2.45, 2.75) is 6.61 Å². The largest absolute Gasteiger partial charge is 0.497 e. The van der Waals surface area contributed by atoms with Gasteiger partial charge in [0.2, 0.25) is 0 Å². The average molecular weight is 351 g/mol. The molecule has 0 saturated carbocycles. The summed E-state index contributed by atoms with van der Waals surface area (Å²) in [6, 6.07) is 11.0. The van der Waals surface area contributed by atoms with Crippen molar-refractivity contribution < 1.29 is 19.0 Å². The van der Waals surface area contributed by atoms with Gasteiger partial charge in [-0.15, -0.1) is 0 Å². The van der Waals surface area contributed by atoms with Crippen LogP contribution in [0.1, 0.15) is 15.9 Å². The second kappa shape index (κ2) is 7.13. The van der Waals surface area contributed by atoms with E-state index in [-0.39, 0.29) is 0 Å². The molecule has 0 aliphatic carbocycles. The van der Waals surface area contributed by atoms with E-state index in [9.17, 15) is 4.79 Å². The average Bonchev–Trinajstić information content (AvgIpc) is 2.52. The normalized spacial score (nSPS) is 10.0. The summed E-state index contributed by atoms with van der Waals surface area (Å²) in [6.07, 6.45) is 0.740. The third kappa shape index (κ3) is 3.76. The summed E-state index contributed by atoms with van der Waals surface area (Å²) in [7, 11) is 3.15. The van der Waals surface area contributed by atoms with Crippen LogP contribution in [0.4, 0.5) is 0 Å². The van der Waals surface area contributed by atoms with Crippen LogP contribution in [0.3, 0.4) is 0 Å². The first kappa shape index (κ1) is 15.4. The van der Waals surface area contributed by atoms with Crippen LogP contribution in [0.25, 0.3) is 0 Å². The zero-order chi connectivity index (χ0) is 15.2. The minimum absolute atomic E-state index is 0.404. The Bertz CT molecular complexity index is 623. The first-order valence-corrected chi connectivity index (χ1v) is 7.05. The number of methoxy groups -OCH3 is 2. The maximum atomic E-state index is 11.1. The molecule has 5 heteroatoms. The van der Waals surface area contributed by atoms with E-state index in [0.717, 1.165) is 17.6 Å². The second-order valence-electron chi connectivity index (χ2n) is 4.28. The predicted molar refractivity (Wildman–Crippen MR) is 83.4 cm³/mol. The summed E-state index contributed by atoms with van der Waals surface area (Å²) >= 11 is 3.36. The Labute approximate surface area is 131 Å². The molecule has 0 radical (unpaired) electrons. The first-order valence-electron chi connectivity index (χ1n) is 6.26. The lowest BCUT2D eigenvalue weighted by Crippen LogP contribution is -1.98. The molecule has 0 amide bonds. The predicted octanol–water partition coefficient (Wildman–Crippen LogP) is 3.86. The Hall–Kier alpha value is -2.01. The van der Waals surface area contributed by atoms with Crippen molar-refractivity contribution in [3.8, 4) is 17.2 Å². The Morgan fingerprint density at radius 3 is 2.33 bits per heavy atom. The SMILES string of the molecule is COc1ccc(COc2cc(Br)c(OC)c(C=O)c2)cc1. The van der Waals surface area contributed by atoms with Crippen LogP contribution in [-0.4, -0.2) is 20.5 Å². The number of hydrogen-bond donors (Lipinski definition) is 0. The number of benzene rings is 2. The highest BCUT2D eigenvalue weighted by Gasteiger charge is 2.10. The van der Waals surface area contributed by atoms with Crippen molar-refractivity contribution in [3.63, 3.8) is 0 Å². The van der Waals surface area contributed by atoms with Crippen molar-refractivity contribution in [2.75, 3.05) is 14.2 Å². The molecule has 2 aromatic rings. The summed E-state index contributed by atoms with van der Waals surface area (Å²) in [5.41, 5.74) is 1.45. The lowest BCUT2D eigenvalue weighted by Gasteiger charge is -2.11. The van der Waals surface area contributed by atoms with E-state index in [4.69, 9.17) is 14.2 Å². The van der Waals surface area contributed by atoms with E-state index in [2.05, 4.69) is 15.9 Å². The summed E-state index contributed by atoms with van der Waals surface area (Å²) < 4.78 is 16.6. The Kier molecular flexibility index (Phi) is 5.22. The molecule has 2 rings (SSSR count). The number of carbonyl (C=O) groups is 1. The minimum atomic E-state index is 0.404. The second-order valence-corrected chi connectivity index (χ2v) is 5.14. The van der Waals surface area contributed by atoms with Gasteiger partial charge in [-0.1, -0.05) is 12.1 Å². The molecule has 0 spiro atoms. The maximum Gasteiger partial charge on any atom is 0.153 e. The Morgan fingerprint density at radius 1 is 1.05 bits per heavy atom. The molecule has 0 unspecified atom stereocenters. The van der Waals surface area contributed by atoms with Crippen molar-refractivity contribution in [1.29, 1.82) is 0 Å². The van der Waals surface area contributed by atoms with E-state index < -0.39 is 0 Å². The van der Waals surface area contributed by atoms with Gasteiger partial charge in [0, 0.05) is 0 Å². The summed E-state index contributed by atoms with van der Waals surface area (Å²) in [5, 5.41) is 0. The van der Waals surface area contributed by atoms with Crippen LogP contribution >= 0.6 is 15.9 Å². The lowest BCUT2D eigenvalue weighted by atomic mass is 10.2. The Morgan fingerprint density at radius 2 is 1.76 bits per heavy atom. The molecule has 2 aromatic carbocycles.